The molecule has 0 atom stereocenters. The zero-order valence-corrected chi connectivity index (χ0v) is 8.80. The maximum atomic E-state index is 11.1. The predicted octanol–water partition coefficient (Wildman–Crippen LogP) is 2.21. The van der Waals surface area contributed by atoms with Crippen LogP contribution in [-0.4, -0.2) is 11.0 Å². The molecule has 0 spiro atoms. The first-order chi connectivity index (χ1) is 7.04. The number of amides is 1. The maximum absolute atomic E-state index is 11.1. The summed E-state index contributed by atoms with van der Waals surface area (Å²) in [5.74, 6) is -0.408. The average Bonchev–Trinajstić information content (AvgIpc) is 2.14. The van der Waals surface area contributed by atoms with Gasteiger partial charge in [-0.25, -0.2) is 0 Å². The second kappa shape index (κ2) is 4.67. The van der Waals surface area contributed by atoms with Gasteiger partial charge in [0, 0.05) is 6.07 Å². The molecule has 0 radical (unpaired) electrons. The molecule has 0 aliphatic rings. The lowest BCUT2D eigenvalue weighted by Crippen LogP contribution is -2.10. The number of phenolic OH excluding ortho intramolecular Hbond substituents is 1. The van der Waals surface area contributed by atoms with Crippen LogP contribution in [0.5, 0.6) is 5.75 Å². The highest BCUT2D eigenvalue weighted by Crippen LogP contribution is 2.29. The molecule has 1 rings (SSSR count). The van der Waals surface area contributed by atoms with Crippen molar-refractivity contribution >= 4 is 23.2 Å². The summed E-state index contributed by atoms with van der Waals surface area (Å²) in [6, 6.07) is 4.61. The van der Waals surface area contributed by atoms with E-state index in [4.69, 9.17) is 16.9 Å². The normalized spacial score (nSPS) is 9.40. The number of nitrogens with zero attached hydrogens (tertiary/aromatic N) is 1. The zero-order valence-electron chi connectivity index (χ0n) is 8.04. The van der Waals surface area contributed by atoms with Crippen molar-refractivity contribution in [1.29, 1.82) is 5.26 Å². The minimum atomic E-state index is -0.456. The van der Waals surface area contributed by atoms with Gasteiger partial charge in [0.05, 0.1) is 16.8 Å². The lowest BCUT2D eigenvalue weighted by atomic mass is 10.2. The minimum absolute atomic E-state index is 0.0478. The molecule has 0 aliphatic carbocycles. The molecule has 0 heterocycles. The molecule has 15 heavy (non-hydrogen) atoms. The van der Waals surface area contributed by atoms with Gasteiger partial charge in [-0.05, 0) is 18.6 Å². The van der Waals surface area contributed by atoms with Gasteiger partial charge in [-0.1, -0.05) is 11.6 Å². The number of nitriles is 1. The fraction of sp³-hybridized carbons (Fsp3) is 0.200. The van der Waals surface area contributed by atoms with E-state index >= 15 is 0 Å². The van der Waals surface area contributed by atoms with Gasteiger partial charge in [0.1, 0.15) is 12.2 Å². The maximum Gasteiger partial charge on any atom is 0.238 e. The molecule has 0 unspecified atom stereocenters. The Balaban J connectivity index is 2.92. The summed E-state index contributed by atoms with van der Waals surface area (Å²) in [6.07, 6.45) is -0.245. The molecule has 0 saturated carbocycles. The summed E-state index contributed by atoms with van der Waals surface area (Å²) in [4.78, 5) is 11.1. The fourth-order valence-electron chi connectivity index (χ4n) is 1.02. The smallest absolute Gasteiger partial charge is 0.238 e. The molecule has 0 fully saturated rings. The van der Waals surface area contributed by atoms with Crippen LogP contribution in [0, 0.1) is 18.3 Å². The van der Waals surface area contributed by atoms with E-state index in [1.54, 1.807) is 19.1 Å². The third-order valence-corrected chi connectivity index (χ3v) is 2.11. The lowest BCUT2D eigenvalue weighted by Gasteiger charge is -2.07. The molecular weight excluding hydrogens is 216 g/mol. The van der Waals surface area contributed by atoms with Crippen LogP contribution >= 0.6 is 11.6 Å². The van der Waals surface area contributed by atoms with Gasteiger partial charge in [-0.15, -0.1) is 0 Å². The molecule has 0 bridgehead atoms. The van der Waals surface area contributed by atoms with Crippen LogP contribution in [-0.2, 0) is 4.79 Å². The fourth-order valence-corrected chi connectivity index (χ4v) is 1.29. The van der Waals surface area contributed by atoms with Gasteiger partial charge >= 0.3 is 0 Å². The molecule has 78 valence electrons. The Kier molecular flexibility index (Phi) is 3.53. The molecule has 1 aromatic rings. The van der Waals surface area contributed by atoms with Gasteiger partial charge in [-0.3, -0.25) is 4.79 Å². The molecule has 5 heteroatoms. The number of rotatable bonds is 2. The lowest BCUT2D eigenvalue weighted by molar-refractivity contribution is -0.115. The first kappa shape index (κ1) is 11.3. The number of aryl methyl sites for hydroxylation is 1. The number of phenols is 1. The molecule has 1 amide bonds. The number of carbonyl (C=O) groups is 1. The number of halogens is 1. The Hall–Kier alpha value is -1.73. The Labute approximate surface area is 92.1 Å². The average molecular weight is 225 g/mol. The van der Waals surface area contributed by atoms with E-state index in [-0.39, 0.29) is 12.2 Å². The van der Waals surface area contributed by atoms with Crippen molar-refractivity contribution in [2.45, 2.75) is 13.3 Å². The number of nitrogens with one attached hydrogen (secondary N) is 1. The van der Waals surface area contributed by atoms with Crippen LogP contribution in [0.4, 0.5) is 5.69 Å². The monoisotopic (exact) mass is 224 g/mol. The summed E-state index contributed by atoms with van der Waals surface area (Å²) in [5, 5.41) is 20.4. The van der Waals surface area contributed by atoms with Gasteiger partial charge in [0.2, 0.25) is 5.91 Å². The van der Waals surface area contributed by atoms with E-state index in [1.807, 2.05) is 0 Å². The van der Waals surface area contributed by atoms with Crippen molar-refractivity contribution in [3.63, 3.8) is 0 Å². The summed E-state index contributed by atoms with van der Waals surface area (Å²) in [5.41, 5.74) is 0.929. The van der Waals surface area contributed by atoms with Gasteiger partial charge in [0.25, 0.3) is 0 Å². The van der Waals surface area contributed by atoms with E-state index in [2.05, 4.69) is 5.32 Å². The highest BCUT2D eigenvalue weighted by atomic mass is 35.5. The highest BCUT2D eigenvalue weighted by molar-refractivity contribution is 6.33. The van der Waals surface area contributed by atoms with Gasteiger partial charge < -0.3 is 10.4 Å². The van der Waals surface area contributed by atoms with Crippen LogP contribution in [0.15, 0.2) is 12.1 Å². The van der Waals surface area contributed by atoms with Crippen molar-refractivity contribution in [3.8, 4) is 11.8 Å². The van der Waals surface area contributed by atoms with Crippen LogP contribution in [0.25, 0.3) is 0 Å². The number of hydrogen-bond donors (Lipinski definition) is 2. The van der Waals surface area contributed by atoms with Crippen LogP contribution in [0.2, 0.25) is 5.02 Å². The first-order valence-electron chi connectivity index (χ1n) is 4.20. The van der Waals surface area contributed by atoms with Crippen LogP contribution in [0.1, 0.15) is 12.0 Å². The van der Waals surface area contributed by atoms with E-state index in [0.29, 0.717) is 16.3 Å². The van der Waals surface area contributed by atoms with E-state index in [0.717, 1.165) is 0 Å². The quantitative estimate of drug-likeness (QED) is 0.809. The Morgan fingerprint density at radius 1 is 1.67 bits per heavy atom. The molecule has 0 aromatic heterocycles. The second-order valence-electron chi connectivity index (χ2n) is 3.00. The third-order valence-electron chi connectivity index (χ3n) is 1.80. The summed E-state index contributed by atoms with van der Waals surface area (Å²) >= 11 is 5.84. The SMILES string of the molecule is Cc1cc(Cl)c(NC(=O)CC#N)cc1O. The van der Waals surface area contributed by atoms with Crippen LogP contribution in [0.3, 0.4) is 0 Å². The van der Waals surface area contributed by atoms with Crippen molar-refractivity contribution in [2.75, 3.05) is 5.32 Å². The summed E-state index contributed by atoms with van der Waals surface area (Å²) < 4.78 is 0. The minimum Gasteiger partial charge on any atom is -0.508 e. The predicted molar refractivity (Wildman–Crippen MR) is 56.7 cm³/mol. The Bertz CT molecular complexity index is 438. The zero-order chi connectivity index (χ0) is 11.4. The van der Waals surface area contributed by atoms with E-state index < -0.39 is 5.91 Å². The molecule has 1 aromatic carbocycles. The molecule has 0 aliphatic heterocycles. The van der Waals surface area contributed by atoms with Crippen molar-refractivity contribution in [3.05, 3.63) is 22.7 Å². The number of anilines is 1. The largest absolute Gasteiger partial charge is 0.508 e. The Morgan fingerprint density at radius 3 is 2.93 bits per heavy atom. The van der Waals surface area contributed by atoms with Crippen molar-refractivity contribution in [1.82, 2.24) is 0 Å². The third kappa shape index (κ3) is 2.86. The standard InChI is InChI=1S/C10H9ClN2O2/c1-6-4-7(11)8(5-9(6)14)13-10(15)2-3-12/h4-5,14H,2H2,1H3,(H,13,15). The van der Waals surface area contributed by atoms with Gasteiger partial charge in [0.15, 0.2) is 0 Å². The van der Waals surface area contributed by atoms with E-state index in [9.17, 15) is 9.90 Å². The van der Waals surface area contributed by atoms with Crippen LogP contribution < -0.4 is 5.32 Å². The number of hydrogen-bond acceptors (Lipinski definition) is 3. The second-order valence-corrected chi connectivity index (χ2v) is 3.41. The van der Waals surface area contributed by atoms with Crippen molar-refractivity contribution in [2.24, 2.45) is 0 Å². The van der Waals surface area contributed by atoms with Gasteiger partial charge in [-0.2, -0.15) is 5.26 Å². The number of aromatic hydroxyl groups is 1. The Morgan fingerprint density at radius 2 is 2.33 bits per heavy atom. The molecule has 4 nitrogen and oxygen atoms in total. The highest BCUT2D eigenvalue weighted by Gasteiger charge is 2.08. The molecule has 0 saturated heterocycles. The topological polar surface area (TPSA) is 73.1 Å². The van der Waals surface area contributed by atoms with Crippen molar-refractivity contribution < 1.29 is 9.90 Å². The molecular formula is C10H9ClN2O2. The van der Waals surface area contributed by atoms with E-state index in [1.165, 1.54) is 6.07 Å². The first-order valence-corrected chi connectivity index (χ1v) is 4.58. The number of benzene rings is 1. The summed E-state index contributed by atoms with van der Waals surface area (Å²) in [7, 11) is 0. The number of carbonyl (C=O) groups excluding carboxylic acids is 1. The summed E-state index contributed by atoms with van der Waals surface area (Å²) in [6.45, 7) is 1.70. The molecule has 2 N–H and O–H groups in total.